The molecule has 0 radical (unpaired) electrons. The molecule has 2 aliphatic rings. The van der Waals surface area contributed by atoms with Gasteiger partial charge in [0.25, 0.3) is 0 Å². The van der Waals surface area contributed by atoms with E-state index in [9.17, 15) is 14.7 Å². The van der Waals surface area contributed by atoms with Crippen molar-refractivity contribution in [2.24, 2.45) is 22.7 Å². The SMILES string of the molecule is CCC(CC)[C@@H]1N=C(NC(=O)OC(C)(C)C)N[C@@H]2C[C@H](C(=O)OC)[C@@H](O)[C@H]21. The highest BCUT2D eigenvalue weighted by Crippen LogP contribution is 2.41. The number of fused-ring (bicyclic) bond motifs is 1. The van der Waals surface area contributed by atoms with Crippen LogP contribution in [0.1, 0.15) is 53.9 Å². The third-order valence-corrected chi connectivity index (χ3v) is 5.43. The van der Waals surface area contributed by atoms with E-state index in [4.69, 9.17) is 9.47 Å². The van der Waals surface area contributed by atoms with Gasteiger partial charge in [0.05, 0.1) is 25.2 Å². The van der Waals surface area contributed by atoms with E-state index in [-0.39, 0.29) is 23.9 Å². The molecule has 0 aromatic rings. The number of amides is 1. The summed E-state index contributed by atoms with van der Waals surface area (Å²) in [5.41, 5.74) is -0.615. The Labute approximate surface area is 161 Å². The van der Waals surface area contributed by atoms with Crippen LogP contribution >= 0.6 is 0 Å². The van der Waals surface area contributed by atoms with Crippen molar-refractivity contribution in [3.8, 4) is 0 Å². The fraction of sp³-hybridized carbons (Fsp3) is 0.842. The van der Waals surface area contributed by atoms with Crippen LogP contribution in [-0.4, -0.2) is 54.0 Å². The molecule has 2 rings (SSSR count). The molecule has 0 aromatic heterocycles. The number of carbonyl (C=O) groups excluding carboxylic acids is 2. The first kappa shape index (κ1) is 21.5. The smallest absolute Gasteiger partial charge is 0.414 e. The number of aliphatic hydroxyl groups excluding tert-OH is 1. The Bertz CT molecular complexity index is 582. The maximum absolute atomic E-state index is 12.1. The van der Waals surface area contributed by atoms with Crippen LogP contribution in [0, 0.1) is 17.8 Å². The quantitative estimate of drug-likeness (QED) is 0.639. The molecule has 0 spiro atoms. The Morgan fingerprint density at radius 3 is 2.48 bits per heavy atom. The second-order valence-corrected chi connectivity index (χ2v) is 8.36. The van der Waals surface area contributed by atoms with Gasteiger partial charge in [-0.1, -0.05) is 26.7 Å². The normalized spacial score (nSPS) is 30.2. The second-order valence-electron chi connectivity index (χ2n) is 8.36. The Balaban J connectivity index is 2.25. The summed E-state index contributed by atoms with van der Waals surface area (Å²) in [6.45, 7) is 9.54. The van der Waals surface area contributed by atoms with Crippen molar-refractivity contribution in [1.29, 1.82) is 0 Å². The van der Waals surface area contributed by atoms with E-state index in [1.54, 1.807) is 20.8 Å². The van der Waals surface area contributed by atoms with Gasteiger partial charge in [-0.05, 0) is 33.1 Å². The summed E-state index contributed by atoms with van der Waals surface area (Å²) < 4.78 is 10.2. The number of alkyl carbamates (subject to hydrolysis) is 1. The number of ether oxygens (including phenoxy) is 2. The van der Waals surface area contributed by atoms with Gasteiger partial charge in [0, 0.05) is 12.0 Å². The molecule has 1 aliphatic heterocycles. The first-order valence-corrected chi connectivity index (χ1v) is 9.71. The van der Waals surface area contributed by atoms with Gasteiger partial charge >= 0.3 is 12.1 Å². The fourth-order valence-corrected chi connectivity index (χ4v) is 4.17. The van der Waals surface area contributed by atoms with Crippen LogP contribution < -0.4 is 10.6 Å². The van der Waals surface area contributed by atoms with E-state index in [1.807, 2.05) is 0 Å². The molecule has 1 amide bonds. The Morgan fingerprint density at radius 2 is 1.96 bits per heavy atom. The number of guanidine groups is 1. The number of esters is 1. The van der Waals surface area contributed by atoms with Gasteiger partial charge in [0.2, 0.25) is 5.96 Å². The lowest BCUT2D eigenvalue weighted by Gasteiger charge is -2.38. The van der Waals surface area contributed by atoms with Crippen molar-refractivity contribution >= 4 is 18.0 Å². The third-order valence-electron chi connectivity index (χ3n) is 5.43. The predicted octanol–water partition coefficient (Wildman–Crippen LogP) is 1.81. The number of hydrogen-bond acceptors (Lipinski definition) is 7. The average molecular weight is 383 g/mol. The van der Waals surface area contributed by atoms with Gasteiger partial charge in [0.15, 0.2) is 0 Å². The molecular formula is C19H33N3O5. The molecule has 154 valence electrons. The first-order chi connectivity index (χ1) is 12.6. The molecule has 8 nitrogen and oxygen atoms in total. The number of hydrogen-bond donors (Lipinski definition) is 3. The monoisotopic (exact) mass is 383 g/mol. The Hall–Kier alpha value is -1.83. The molecule has 5 atom stereocenters. The van der Waals surface area contributed by atoms with Gasteiger partial charge in [0.1, 0.15) is 5.60 Å². The fourth-order valence-electron chi connectivity index (χ4n) is 4.17. The summed E-state index contributed by atoms with van der Waals surface area (Å²) in [6, 6.07) is -0.363. The predicted molar refractivity (Wildman–Crippen MR) is 101 cm³/mol. The summed E-state index contributed by atoms with van der Waals surface area (Å²) in [4.78, 5) is 28.9. The lowest BCUT2D eigenvalue weighted by Crippen LogP contribution is -2.56. The van der Waals surface area contributed by atoms with Crippen LogP contribution in [0.25, 0.3) is 0 Å². The minimum Gasteiger partial charge on any atom is -0.469 e. The molecular weight excluding hydrogens is 350 g/mol. The highest BCUT2D eigenvalue weighted by molar-refractivity contribution is 5.94. The molecule has 0 bridgehead atoms. The lowest BCUT2D eigenvalue weighted by molar-refractivity contribution is -0.149. The summed E-state index contributed by atoms with van der Waals surface area (Å²) in [5.74, 6) is -0.640. The average Bonchev–Trinajstić information content (AvgIpc) is 2.90. The molecule has 27 heavy (non-hydrogen) atoms. The number of aliphatic imine (C=N–C) groups is 1. The van der Waals surface area contributed by atoms with Gasteiger partial charge in [-0.25, -0.2) is 9.79 Å². The number of rotatable bonds is 4. The van der Waals surface area contributed by atoms with Crippen LogP contribution in [0.4, 0.5) is 4.79 Å². The zero-order valence-electron chi connectivity index (χ0n) is 17.1. The third kappa shape index (κ3) is 4.91. The van der Waals surface area contributed by atoms with Crippen molar-refractivity contribution in [1.82, 2.24) is 10.6 Å². The highest BCUT2D eigenvalue weighted by Gasteiger charge is 2.52. The van der Waals surface area contributed by atoms with E-state index in [2.05, 4.69) is 29.5 Å². The van der Waals surface area contributed by atoms with Gasteiger partial charge in [-0.15, -0.1) is 0 Å². The lowest BCUT2D eigenvalue weighted by atomic mass is 9.80. The number of carbonyl (C=O) groups is 2. The molecule has 0 aromatic carbocycles. The van der Waals surface area contributed by atoms with Gasteiger partial charge < -0.3 is 19.9 Å². The molecule has 8 heteroatoms. The Morgan fingerprint density at radius 1 is 1.33 bits per heavy atom. The highest BCUT2D eigenvalue weighted by atomic mass is 16.6. The first-order valence-electron chi connectivity index (χ1n) is 9.71. The molecule has 1 aliphatic carbocycles. The topological polar surface area (TPSA) is 109 Å². The van der Waals surface area contributed by atoms with Crippen LogP contribution in [-0.2, 0) is 14.3 Å². The molecule has 1 heterocycles. The van der Waals surface area contributed by atoms with Gasteiger partial charge in [-0.2, -0.15) is 0 Å². The molecule has 1 saturated carbocycles. The van der Waals surface area contributed by atoms with E-state index in [1.165, 1.54) is 7.11 Å². The Kier molecular flexibility index (Phi) is 6.72. The second kappa shape index (κ2) is 8.46. The van der Waals surface area contributed by atoms with Crippen LogP contribution in [0.5, 0.6) is 0 Å². The number of methoxy groups -OCH3 is 1. The number of aliphatic hydroxyl groups is 1. The van der Waals surface area contributed by atoms with Crippen LogP contribution in [0.2, 0.25) is 0 Å². The number of nitrogens with zero attached hydrogens (tertiary/aromatic N) is 1. The molecule has 1 fully saturated rings. The van der Waals surface area contributed by atoms with E-state index >= 15 is 0 Å². The number of nitrogens with one attached hydrogen (secondary N) is 2. The summed E-state index contributed by atoms with van der Waals surface area (Å²) >= 11 is 0. The van der Waals surface area contributed by atoms with Crippen LogP contribution in [0.15, 0.2) is 4.99 Å². The standard InChI is InChI=1S/C19H33N3O5/c1-7-10(8-2)14-13-12(9-11(15(13)23)16(24)26-6)20-17(21-14)22-18(25)27-19(3,4)5/h10-15,23H,7-9H2,1-6H3,(H2,20,21,22,25)/t11-,12+,13+,14-,15+/m0/s1. The minimum absolute atomic E-state index is 0.169. The van der Waals surface area contributed by atoms with Crippen molar-refractivity contribution in [3.05, 3.63) is 0 Å². The summed E-state index contributed by atoms with van der Waals surface area (Å²) in [6.07, 6.45) is 0.808. The minimum atomic E-state index is -0.827. The maximum Gasteiger partial charge on any atom is 0.414 e. The zero-order chi connectivity index (χ0) is 20.4. The van der Waals surface area contributed by atoms with E-state index in [0.29, 0.717) is 12.4 Å². The summed E-state index contributed by atoms with van der Waals surface area (Å²) in [7, 11) is 1.33. The van der Waals surface area contributed by atoms with Crippen molar-refractivity contribution in [2.45, 2.75) is 77.7 Å². The zero-order valence-corrected chi connectivity index (χ0v) is 17.1. The summed E-state index contributed by atoms with van der Waals surface area (Å²) in [5, 5.41) is 16.6. The molecule has 0 saturated heterocycles. The molecule has 3 N–H and O–H groups in total. The maximum atomic E-state index is 12.1. The van der Waals surface area contributed by atoms with Crippen molar-refractivity contribution < 1.29 is 24.2 Å². The van der Waals surface area contributed by atoms with E-state index < -0.39 is 29.7 Å². The van der Waals surface area contributed by atoms with E-state index in [0.717, 1.165) is 12.8 Å². The van der Waals surface area contributed by atoms with Crippen molar-refractivity contribution in [2.75, 3.05) is 7.11 Å². The van der Waals surface area contributed by atoms with Gasteiger partial charge in [-0.3, -0.25) is 10.1 Å². The largest absolute Gasteiger partial charge is 0.469 e. The molecule has 0 unspecified atom stereocenters. The van der Waals surface area contributed by atoms with Crippen LogP contribution in [0.3, 0.4) is 0 Å². The van der Waals surface area contributed by atoms with Crippen molar-refractivity contribution in [3.63, 3.8) is 0 Å².